The number of carboxylic acid groups (broad SMARTS) is 1. The van der Waals surface area contributed by atoms with Crippen LogP contribution in [-0.4, -0.2) is 41.7 Å². The highest BCUT2D eigenvalue weighted by molar-refractivity contribution is 5.92. The molecular weight excluding hydrogens is 430 g/mol. The average Bonchev–Trinajstić information content (AvgIpc) is 3.40. The average molecular weight is 450 g/mol. The molecule has 0 radical (unpaired) electrons. The van der Waals surface area contributed by atoms with Gasteiger partial charge in [-0.2, -0.15) is 0 Å². The van der Waals surface area contributed by atoms with Crippen molar-refractivity contribution in [3.8, 4) is 11.4 Å². The highest BCUT2D eigenvalue weighted by Gasteiger charge is 2.63. The maximum absolute atomic E-state index is 14.7. The Balaban J connectivity index is 1.36. The number of nitrogens with one attached hydrogen (secondary N) is 2. The van der Waals surface area contributed by atoms with E-state index in [2.05, 4.69) is 25.4 Å². The van der Waals surface area contributed by atoms with Crippen LogP contribution < -0.4 is 5.32 Å². The first kappa shape index (κ1) is 19.0. The summed E-state index contributed by atoms with van der Waals surface area (Å²) in [6.07, 6.45) is 7.23. The van der Waals surface area contributed by atoms with Crippen LogP contribution in [0.25, 0.3) is 27.9 Å². The van der Waals surface area contributed by atoms with Gasteiger partial charge in [0.25, 0.3) is 0 Å². The van der Waals surface area contributed by atoms with E-state index in [1.807, 2.05) is 0 Å². The van der Waals surface area contributed by atoms with Crippen LogP contribution in [0, 0.1) is 41.2 Å². The summed E-state index contributed by atoms with van der Waals surface area (Å²) in [5.74, 6) is -0.406. The Morgan fingerprint density at radius 2 is 2.03 bits per heavy atom. The molecule has 0 amide bonds. The van der Waals surface area contributed by atoms with Crippen LogP contribution in [0.4, 0.5) is 14.6 Å². The molecule has 4 aromatic heterocycles. The number of pyridine rings is 1. The van der Waals surface area contributed by atoms with Crippen molar-refractivity contribution in [2.45, 2.75) is 25.3 Å². The molecule has 4 fully saturated rings. The lowest BCUT2D eigenvalue weighted by Gasteiger charge is -2.46. The Hall–Kier alpha value is -3.56. The maximum atomic E-state index is 14.7. The molecule has 6 atom stereocenters. The van der Waals surface area contributed by atoms with Crippen molar-refractivity contribution in [1.29, 1.82) is 0 Å². The van der Waals surface area contributed by atoms with Gasteiger partial charge < -0.3 is 15.4 Å². The zero-order valence-electron chi connectivity index (χ0n) is 17.4. The third-order valence-corrected chi connectivity index (χ3v) is 7.92. The second kappa shape index (κ2) is 6.49. The van der Waals surface area contributed by atoms with Gasteiger partial charge in [-0.3, -0.25) is 4.79 Å². The Kier molecular flexibility index (Phi) is 3.73. The van der Waals surface area contributed by atoms with Crippen molar-refractivity contribution in [3.63, 3.8) is 0 Å². The summed E-state index contributed by atoms with van der Waals surface area (Å²) in [6, 6.07) is 2.32. The fourth-order valence-corrected chi connectivity index (χ4v) is 6.51. The predicted molar refractivity (Wildman–Crippen MR) is 114 cm³/mol. The molecule has 0 saturated heterocycles. The van der Waals surface area contributed by atoms with Crippen molar-refractivity contribution >= 4 is 28.3 Å². The van der Waals surface area contributed by atoms with Crippen LogP contribution in [0.3, 0.4) is 0 Å². The number of carboxylic acids is 1. The minimum Gasteiger partial charge on any atom is -0.481 e. The first-order chi connectivity index (χ1) is 16.0. The topological polar surface area (TPSA) is 108 Å². The highest BCUT2D eigenvalue weighted by atomic mass is 19.1. The van der Waals surface area contributed by atoms with E-state index in [1.54, 1.807) is 6.20 Å². The molecule has 168 valence electrons. The molecule has 4 aliphatic carbocycles. The molecular formula is C23H20F2N6O2. The number of aromatic amines is 1. The van der Waals surface area contributed by atoms with Gasteiger partial charge in [0.1, 0.15) is 17.0 Å². The van der Waals surface area contributed by atoms with E-state index in [4.69, 9.17) is 0 Å². The number of nitrogens with zero attached hydrogens (tertiary/aromatic N) is 4. The van der Waals surface area contributed by atoms with E-state index in [0.29, 0.717) is 28.4 Å². The minimum absolute atomic E-state index is 0.145. The van der Waals surface area contributed by atoms with Crippen LogP contribution >= 0.6 is 0 Å². The molecule has 8 nitrogen and oxygen atoms in total. The Morgan fingerprint density at radius 1 is 1.21 bits per heavy atom. The van der Waals surface area contributed by atoms with Crippen molar-refractivity contribution in [2.24, 2.45) is 29.6 Å². The Labute approximate surface area is 186 Å². The summed E-state index contributed by atoms with van der Waals surface area (Å²) in [4.78, 5) is 23.9. The molecule has 4 heterocycles. The molecule has 4 aliphatic rings. The number of aromatic nitrogens is 5. The fraction of sp³-hybridized carbons (Fsp3) is 0.391. The maximum Gasteiger partial charge on any atom is 0.308 e. The Morgan fingerprint density at radius 3 is 2.88 bits per heavy atom. The van der Waals surface area contributed by atoms with E-state index >= 15 is 0 Å². The van der Waals surface area contributed by atoms with Gasteiger partial charge in [-0.1, -0.05) is 0 Å². The van der Waals surface area contributed by atoms with Gasteiger partial charge >= 0.3 is 5.97 Å². The van der Waals surface area contributed by atoms with E-state index < -0.39 is 23.5 Å². The number of H-pyrrole nitrogens is 1. The van der Waals surface area contributed by atoms with Crippen LogP contribution in [0.15, 0.2) is 30.7 Å². The van der Waals surface area contributed by atoms with Crippen molar-refractivity contribution in [3.05, 3.63) is 42.4 Å². The number of fused-ring (bicyclic) bond motifs is 4. The molecule has 33 heavy (non-hydrogen) atoms. The normalized spacial score (nSPS) is 30.0. The summed E-state index contributed by atoms with van der Waals surface area (Å²) >= 11 is 0. The molecule has 8 rings (SSSR count). The van der Waals surface area contributed by atoms with Crippen molar-refractivity contribution < 1.29 is 18.7 Å². The van der Waals surface area contributed by atoms with Crippen LogP contribution in [0.1, 0.15) is 19.3 Å². The molecule has 2 bridgehead atoms. The molecule has 0 unspecified atom stereocenters. The second-order valence-corrected chi connectivity index (χ2v) is 9.50. The van der Waals surface area contributed by atoms with E-state index in [-0.39, 0.29) is 35.0 Å². The number of anilines is 1. The monoisotopic (exact) mass is 450 g/mol. The van der Waals surface area contributed by atoms with Crippen molar-refractivity contribution in [1.82, 2.24) is 24.6 Å². The van der Waals surface area contributed by atoms with Gasteiger partial charge in [0.05, 0.1) is 12.1 Å². The minimum atomic E-state index is -0.813. The van der Waals surface area contributed by atoms with Gasteiger partial charge in [-0.05, 0) is 55.1 Å². The second-order valence-electron chi connectivity index (χ2n) is 9.50. The number of aliphatic carboxylic acids is 1. The lowest BCUT2D eigenvalue weighted by Crippen LogP contribution is -2.52. The summed E-state index contributed by atoms with van der Waals surface area (Å²) in [5, 5.41) is 18.3. The third kappa shape index (κ3) is 2.66. The largest absolute Gasteiger partial charge is 0.481 e. The first-order valence-corrected chi connectivity index (χ1v) is 11.2. The summed E-state index contributed by atoms with van der Waals surface area (Å²) < 4.78 is 30.0. The van der Waals surface area contributed by atoms with Crippen molar-refractivity contribution in [2.75, 3.05) is 5.32 Å². The molecule has 4 saturated carbocycles. The van der Waals surface area contributed by atoms with Gasteiger partial charge in [-0.25, -0.2) is 23.3 Å². The van der Waals surface area contributed by atoms with E-state index in [1.165, 1.54) is 22.8 Å². The summed E-state index contributed by atoms with van der Waals surface area (Å²) in [6.45, 7) is 0. The number of carbonyl (C=O) groups is 1. The number of hydrogen-bond acceptors (Lipinski definition) is 5. The SMILES string of the molecule is O=C(O)[C@H]1[C@H]2CC[C@H]([C@H]3C[C@H]32)[C@@H]1Nc1nc(-c2c[nH]c3ncc(F)cc23)nn2ccc(F)c12. The number of rotatable bonds is 4. The zero-order chi connectivity index (χ0) is 22.4. The van der Waals surface area contributed by atoms with E-state index in [0.717, 1.165) is 25.5 Å². The van der Waals surface area contributed by atoms with Gasteiger partial charge in [0.2, 0.25) is 0 Å². The van der Waals surface area contributed by atoms with Gasteiger partial charge in [0, 0.05) is 29.4 Å². The van der Waals surface area contributed by atoms with E-state index in [9.17, 15) is 18.7 Å². The van der Waals surface area contributed by atoms with Crippen LogP contribution in [-0.2, 0) is 4.79 Å². The molecule has 0 aromatic carbocycles. The highest BCUT2D eigenvalue weighted by Crippen LogP contribution is 2.64. The fourth-order valence-electron chi connectivity index (χ4n) is 6.51. The molecule has 3 N–H and O–H groups in total. The summed E-state index contributed by atoms with van der Waals surface area (Å²) in [7, 11) is 0. The van der Waals surface area contributed by atoms with Crippen LogP contribution in [0.5, 0.6) is 0 Å². The molecule has 4 aromatic rings. The first-order valence-electron chi connectivity index (χ1n) is 11.2. The lowest BCUT2D eigenvalue weighted by atomic mass is 9.61. The predicted octanol–water partition coefficient (Wildman–Crippen LogP) is 3.71. The molecule has 0 aliphatic heterocycles. The summed E-state index contributed by atoms with van der Waals surface area (Å²) in [5.41, 5.74) is 1.18. The quantitative estimate of drug-likeness (QED) is 0.438. The molecule has 10 heteroatoms. The number of halogens is 2. The van der Waals surface area contributed by atoms with Crippen LogP contribution in [0.2, 0.25) is 0 Å². The number of hydrogen-bond donors (Lipinski definition) is 3. The smallest absolute Gasteiger partial charge is 0.308 e. The van der Waals surface area contributed by atoms with Gasteiger partial charge in [0.15, 0.2) is 17.5 Å². The third-order valence-electron chi connectivity index (χ3n) is 7.92. The van der Waals surface area contributed by atoms with Gasteiger partial charge in [-0.15, -0.1) is 5.10 Å². The zero-order valence-corrected chi connectivity index (χ0v) is 17.4. The standard InChI is InChI=1S/C23H20F2N6O2/c24-9-5-14-15(8-27-20(14)26-7-9)21-29-22(19-16(25)3-4-31(19)30-21)28-18-11-2-1-10(12-6-13(11)12)17(18)23(32)33/h3-5,7-8,10-13,17-18H,1-2,6H2,(H,26,27)(H,32,33)(H,28,29,30)/t10-,11+,12-,13+,17-,18-/m0/s1. The Bertz CT molecular complexity index is 1450. The lowest BCUT2D eigenvalue weighted by molar-refractivity contribution is -0.148. The molecule has 0 spiro atoms.